The Kier molecular flexibility index (Phi) is 5.26. The second-order valence-corrected chi connectivity index (χ2v) is 5.67. The van der Waals surface area contributed by atoms with Gasteiger partial charge in [0.15, 0.2) is 0 Å². The molecule has 0 bridgehead atoms. The molecule has 2 unspecified atom stereocenters. The molecular weight excluding hydrogens is 212 g/mol. The first-order valence-electron chi connectivity index (χ1n) is 7.32. The lowest BCUT2D eigenvalue weighted by Gasteiger charge is -2.36. The molecule has 2 aliphatic rings. The normalized spacial score (nSPS) is 31.2. The van der Waals surface area contributed by atoms with E-state index in [1.165, 1.54) is 38.6 Å². The number of nitrogens with zero attached hydrogens (tertiary/aromatic N) is 1. The van der Waals surface area contributed by atoms with E-state index in [1.54, 1.807) is 0 Å². The topological polar surface area (TPSA) is 24.5 Å². The van der Waals surface area contributed by atoms with Crippen molar-refractivity contribution in [1.29, 1.82) is 0 Å². The molecule has 17 heavy (non-hydrogen) atoms. The van der Waals surface area contributed by atoms with Crippen molar-refractivity contribution in [3.63, 3.8) is 0 Å². The minimum absolute atomic E-state index is 0.664. The van der Waals surface area contributed by atoms with Gasteiger partial charge in [-0.15, -0.1) is 0 Å². The quantitative estimate of drug-likeness (QED) is 0.794. The third-order valence-corrected chi connectivity index (χ3v) is 4.41. The van der Waals surface area contributed by atoms with Gasteiger partial charge in [0.1, 0.15) is 0 Å². The van der Waals surface area contributed by atoms with E-state index >= 15 is 0 Å². The molecular formula is C14H28N2O. The summed E-state index contributed by atoms with van der Waals surface area (Å²) in [6.45, 7) is 6.35. The highest BCUT2D eigenvalue weighted by molar-refractivity contribution is 4.84. The summed E-state index contributed by atoms with van der Waals surface area (Å²) < 4.78 is 5.66. The zero-order valence-corrected chi connectivity index (χ0v) is 11.5. The smallest absolute Gasteiger partial charge is 0.0521 e. The molecule has 0 aromatic rings. The van der Waals surface area contributed by atoms with Crippen LogP contribution >= 0.6 is 0 Å². The minimum atomic E-state index is 0.664. The maximum absolute atomic E-state index is 5.66. The fourth-order valence-corrected chi connectivity index (χ4v) is 3.37. The summed E-state index contributed by atoms with van der Waals surface area (Å²) in [5, 5.41) is 3.62. The Hall–Kier alpha value is -0.120. The van der Waals surface area contributed by atoms with E-state index in [0.29, 0.717) is 12.0 Å². The summed E-state index contributed by atoms with van der Waals surface area (Å²) in [4.78, 5) is 2.58. The monoisotopic (exact) mass is 240 g/mol. The second-order valence-electron chi connectivity index (χ2n) is 5.67. The van der Waals surface area contributed by atoms with E-state index in [1.807, 2.05) is 0 Å². The van der Waals surface area contributed by atoms with Gasteiger partial charge >= 0.3 is 0 Å². The van der Waals surface area contributed by atoms with Gasteiger partial charge in [-0.25, -0.2) is 0 Å². The van der Waals surface area contributed by atoms with Crippen molar-refractivity contribution in [3.8, 4) is 0 Å². The van der Waals surface area contributed by atoms with Crippen LogP contribution < -0.4 is 5.32 Å². The van der Waals surface area contributed by atoms with Crippen LogP contribution in [0.3, 0.4) is 0 Å². The Balaban J connectivity index is 1.81. The van der Waals surface area contributed by atoms with Gasteiger partial charge in [-0.1, -0.05) is 19.8 Å². The highest BCUT2D eigenvalue weighted by atomic mass is 16.5. The molecule has 1 aliphatic heterocycles. The molecule has 0 amide bonds. The number of hydrogen-bond donors (Lipinski definition) is 1. The van der Waals surface area contributed by atoms with Crippen LogP contribution in [-0.2, 0) is 4.74 Å². The van der Waals surface area contributed by atoms with E-state index in [2.05, 4.69) is 24.2 Å². The first-order chi connectivity index (χ1) is 8.31. The molecule has 1 aliphatic carbocycles. The molecule has 1 N–H and O–H groups in total. The van der Waals surface area contributed by atoms with Crippen molar-refractivity contribution >= 4 is 0 Å². The van der Waals surface area contributed by atoms with Gasteiger partial charge in [0.25, 0.3) is 0 Å². The summed E-state index contributed by atoms with van der Waals surface area (Å²) >= 11 is 0. The fraction of sp³-hybridized carbons (Fsp3) is 1.00. The van der Waals surface area contributed by atoms with Gasteiger partial charge in [-0.2, -0.15) is 0 Å². The van der Waals surface area contributed by atoms with E-state index < -0.39 is 0 Å². The largest absolute Gasteiger partial charge is 0.381 e. The maximum Gasteiger partial charge on any atom is 0.0521 e. The first-order valence-corrected chi connectivity index (χ1v) is 7.32. The number of nitrogens with one attached hydrogen (secondary N) is 1. The number of hydrogen-bond acceptors (Lipinski definition) is 3. The van der Waals surface area contributed by atoms with Crippen LogP contribution in [0.1, 0.15) is 39.0 Å². The van der Waals surface area contributed by atoms with Crippen molar-refractivity contribution < 1.29 is 4.74 Å². The molecule has 0 aromatic heterocycles. The summed E-state index contributed by atoms with van der Waals surface area (Å²) in [7, 11) is 2.30. The molecule has 1 saturated carbocycles. The summed E-state index contributed by atoms with van der Waals surface area (Å²) in [5.41, 5.74) is 0. The fourth-order valence-electron chi connectivity index (χ4n) is 3.37. The van der Waals surface area contributed by atoms with Crippen LogP contribution in [-0.4, -0.2) is 50.3 Å². The average molecular weight is 240 g/mol. The van der Waals surface area contributed by atoms with E-state index in [9.17, 15) is 0 Å². The predicted octanol–water partition coefficient (Wildman–Crippen LogP) is 1.88. The molecule has 3 nitrogen and oxygen atoms in total. The summed E-state index contributed by atoms with van der Waals surface area (Å²) in [5.74, 6) is 0.675. The molecule has 2 rings (SSSR count). The molecule has 0 aromatic carbocycles. The lowest BCUT2D eigenvalue weighted by Crippen LogP contribution is -2.48. The van der Waals surface area contributed by atoms with Crippen LogP contribution in [0.25, 0.3) is 0 Å². The van der Waals surface area contributed by atoms with Crippen molar-refractivity contribution in [2.75, 3.05) is 33.4 Å². The lowest BCUT2D eigenvalue weighted by molar-refractivity contribution is 0.0153. The van der Waals surface area contributed by atoms with E-state index in [0.717, 1.165) is 25.8 Å². The Bertz CT molecular complexity index is 214. The summed E-state index contributed by atoms with van der Waals surface area (Å²) in [6, 6.07) is 1.50. The standard InChI is InChI=1S/C14H28N2O/c1-3-15-14-8-9-17-11-12(14)10-16(2)13-6-4-5-7-13/h12-15H,3-11H2,1-2H3. The Morgan fingerprint density at radius 1 is 1.24 bits per heavy atom. The summed E-state index contributed by atoms with van der Waals surface area (Å²) in [6.07, 6.45) is 6.82. The third-order valence-electron chi connectivity index (χ3n) is 4.41. The Morgan fingerprint density at radius 2 is 2.00 bits per heavy atom. The maximum atomic E-state index is 5.66. The van der Waals surface area contributed by atoms with Gasteiger partial charge in [0.2, 0.25) is 0 Å². The molecule has 0 radical (unpaired) electrons. The number of ether oxygens (including phenoxy) is 1. The average Bonchev–Trinajstić information content (AvgIpc) is 2.85. The second kappa shape index (κ2) is 6.72. The zero-order valence-electron chi connectivity index (χ0n) is 11.5. The van der Waals surface area contributed by atoms with Crippen LogP contribution in [0.5, 0.6) is 0 Å². The van der Waals surface area contributed by atoms with E-state index in [-0.39, 0.29) is 0 Å². The molecule has 1 heterocycles. The van der Waals surface area contributed by atoms with Crippen LogP contribution in [0, 0.1) is 5.92 Å². The lowest BCUT2D eigenvalue weighted by atomic mass is 9.94. The molecule has 1 saturated heterocycles. The minimum Gasteiger partial charge on any atom is -0.381 e. The zero-order chi connectivity index (χ0) is 12.1. The molecule has 2 fully saturated rings. The molecule has 100 valence electrons. The molecule has 2 atom stereocenters. The number of rotatable bonds is 5. The van der Waals surface area contributed by atoms with Gasteiger partial charge in [0, 0.05) is 31.2 Å². The predicted molar refractivity (Wildman–Crippen MR) is 71.3 cm³/mol. The van der Waals surface area contributed by atoms with Crippen molar-refractivity contribution in [2.45, 2.75) is 51.1 Å². The third kappa shape index (κ3) is 3.67. The van der Waals surface area contributed by atoms with Crippen LogP contribution in [0.2, 0.25) is 0 Å². The Labute approximate surface area is 106 Å². The van der Waals surface area contributed by atoms with Gasteiger partial charge < -0.3 is 15.0 Å². The highest BCUT2D eigenvalue weighted by Gasteiger charge is 2.28. The van der Waals surface area contributed by atoms with Gasteiger partial charge in [-0.05, 0) is 32.9 Å². The SMILES string of the molecule is CCNC1CCOCC1CN(C)C1CCCC1. The molecule has 3 heteroatoms. The van der Waals surface area contributed by atoms with Gasteiger partial charge in [-0.3, -0.25) is 0 Å². The Morgan fingerprint density at radius 3 is 2.71 bits per heavy atom. The van der Waals surface area contributed by atoms with Crippen LogP contribution in [0.15, 0.2) is 0 Å². The van der Waals surface area contributed by atoms with E-state index in [4.69, 9.17) is 4.74 Å². The molecule has 0 spiro atoms. The van der Waals surface area contributed by atoms with Crippen LogP contribution in [0.4, 0.5) is 0 Å². The van der Waals surface area contributed by atoms with Gasteiger partial charge in [0.05, 0.1) is 6.61 Å². The van der Waals surface area contributed by atoms with Crippen molar-refractivity contribution in [3.05, 3.63) is 0 Å². The van der Waals surface area contributed by atoms with Crippen molar-refractivity contribution in [1.82, 2.24) is 10.2 Å². The first kappa shape index (κ1) is 13.3. The highest BCUT2D eigenvalue weighted by Crippen LogP contribution is 2.24. The van der Waals surface area contributed by atoms with Crippen molar-refractivity contribution in [2.24, 2.45) is 5.92 Å².